The third-order valence-electron chi connectivity index (χ3n) is 4.19. The minimum atomic E-state index is -0.776. The topological polar surface area (TPSA) is 20.3 Å². The van der Waals surface area contributed by atoms with Crippen LogP contribution in [0.2, 0.25) is 0 Å². The third kappa shape index (κ3) is 2.90. The Kier molecular flexibility index (Phi) is 4.53. The van der Waals surface area contributed by atoms with Gasteiger partial charge in [-0.2, -0.15) is 0 Å². The molecular formula is C16H21F2NO. The van der Waals surface area contributed by atoms with E-state index in [1.165, 1.54) is 6.07 Å². The molecule has 0 radical (unpaired) electrons. The van der Waals surface area contributed by atoms with Crippen LogP contribution < -0.4 is 0 Å². The van der Waals surface area contributed by atoms with E-state index in [1.54, 1.807) is 0 Å². The lowest BCUT2D eigenvalue weighted by atomic mass is 9.98. The number of benzene rings is 1. The Hall–Kier alpha value is -1.29. The molecule has 2 nitrogen and oxygen atoms in total. The maximum atomic E-state index is 13.7. The number of nitrogens with zero attached hydrogens (tertiary/aromatic N) is 1. The van der Waals surface area contributed by atoms with E-state index in [2.05, 4.69) is 18.7 Å². The SMILES string of the molecule is CC(C)C1CCCN1C(C)C(=O)c1ccc(F)cc1F. The second-order valence-electron chi connectivity index (χ2n) is 5.86. The number of Topliss-reactive ketones (excluding diaryl/α,β-unsaturated/α-hetero) is 1. The number of likely N-dealkylation sites (tertiary alicyclic amines) is 1. The predicted octanol–water partition coefficient (Wildman–Crippen LogP) is 3.66. The third-order valence-corrected chi connectivity index (χ3v) is 4.19. The Morgan fingerprint density at radius 1 is 1.30 bits per heavy atom. The lowest BCUT2D eigenvalue weighted by molar-refractivity contribution is 0.0781. The molecule has 1 aliphatic rings. The molecule has 2 unspecified atom stereocenters. The van der Waals surface area contributed by atoms with Gasteiger partial charge in [-0.05, 0) is 44.4 Å². The normalized spacial score (nSPS) is 21.4. The number of hydrogen-bond donors (Lipinski definition) is 0. The van der Waals surface area contributed by atoms with Gasteiger partial charge in [0.25, 0.3) is 0 Å². The van der Waals surface area contributed by atoms with Crippen molar-refractivity contribution in [3.05, 3.63) is 35.4 Å². The van der Waals surface area contributed by atoms with Gasteiger partial charge in [-0.25, -0.2) is 8.78 Å². The zero-order valence-corrected chi connectivity index (χ0v) is 12.2. The van der Waals surface area contributed by atoms with Crippen LogP contribution >= 0.6 is 0 Å². The average Bonchev–Trinajstić information content (AvgIpc) is 2.86. The second-order valence-corrected chi connectivity index (χ2v) is 5.86. The highest BCUT2D eigenvalue weighted by Crippen LogP contribution is 2.27. The van der Waals surface area contributed by atoms with E-state index in [9.17, 15) is 13.6 Å². The summed E-state index contributed by atoms with van der Waals surface area (Å²) in [6.45, 7) is 6.95. The zero-order chi connectivity index (χ0) is 14.9. The van der Waals surface area contributed by atoms with E-state index in [0.29, 0.717) is 12.0 Å². The van der Waals surface area contributed by atoms with Crippen molar-refractivity contribution in [1.82, 2.24) is 4.90 Å². The van der Waals surface area contributed by atoms with Gasteiger partial charge in [-0.3, -0.25) is 9.69 Å². The first-order chi connectivity index (χ1) is 9.41. The molecule has 4 heteroatoms. The Balaban J connectivity index is 2.20. The molecule has 2 rings (SSSR count). The number of carbonyl (C=O) groups excluding carboxylic acids is 1. The first kappa shape index (κ1) is 15.1. The monoisotopic (exact) mass is 281 g/mol. The van der Waals surface area contributed by atoms with Gasteiger partial charge in [0.15, 0.2) is 5.78 Å². The van der Waals surface area contributed by atoms with Crippen LogP contribution in [0.5, 0.6) is 0 Å². The quantitative estimate of drug-likeness (QED) is 0.785. The summed E-state index contributed by atoms with van der Waals surface area (Å²) in [4.78, 5) is 14.6. The summed E-state index contributed by atoms with van der Waals surface area (Å²) in [5.74, 6) is -1.24. The average molecular weight is 281 g/mol. The molecule has 0 bridgehead atoms. The summed E-state index contributed by atoms with van der Waals surface area (Å²) in [6.07, 6.45) is 2.13. The van der Waals surface area contributed by atoms with Gasteiger partial charge in [0.05, 0.1) is 11.6 Å². The maximum absolute atomic E-state index is 13.7. The molecule has 20 heavy (non-hydrogen) atoms. The predicted molar refractivity (Wildman–Crippen MR) is 74.7 cm³/mol. The van der Waals surface area contributed by atoms with Crippen LogP contribution in [0.3, 0.4) is 0 Å². The van der Waals surface area contributed by atoms with Crippen LogP contribution in [-0.2, 0) is 0 Å². The lowest BCUT2D eigenvalue weighted by Gasteiger charge is -2.32. The summed E-state index contributed by atoms with van der Waals surface area (Å²) in [5, 5.41) is 0. The van der Waals surface area contributed by atoms with Crippen LogP contribution in [-0.4, -0.2) is 29.3 Å². The molecule has 110 valence electrons. The smallest absolute Gasteiger partial charge is 0.182 e. The molecule has 1 aliphatic heterocycles. The first-order valence-corrected chi connectivity index (χ1v) is 7.17. The molecule has 2 atom stereocenters. The summed E-state index contributed by atoms with van der Waals surface area (Å²) in [5.41, 5.74) is -0.0201. The van der Waals surface area contributed by atoms with Gasteiger partial charge in [0.2, 0.25) is 0 Å². The molecule has 0 aliphatic carbocycles. The van der Waals surface area contributed by atoms with Gasteiger partial charge < -0.3 is 0 Å². The fraction of sp³-hybridized carbons (Fsp3) is 0.562. The Morgan fingerprint density at radius 2 is 2.00 bits per heavy atom. The van der Waals surface area contributed by atoms with E-state index < -0.39 is 11.6 Å². The van der Waals surface area contributed by atoms with Gasteiger partial charge in [0.1, 0.15) is 11.6 Å². The molecular weight excluding hydrogens is 260 g/mol. The molecule has 0 spiro atoms. The van der Waals surface area contributed by atoms with Crippen LogP contribution in [0, 0.1) is 17.6 Å². The van der Waals surface area contributed by atoms with Crippen LogP contribution in [0.4, 0.5) is 8.78 Å². The number of halogens is 2. The number of rotatable bonds is 4. The van der Waals surface area contributed by atoms with Crippen LogP contribution in [0.25, 0.3) is 0 Å². The van der Waals surface area contributed by atoms with E-state index in [0.717, 1.165) is 31.5 Å². The molecule has 1 aromatic rings. The molecule has 1 saturated heterocycles. The molecule has 0 amide bonds. The number of ketones is 1. The van der Waals surface area contributed by atoms with Crippen molar-refractivity contribution < 1.29 is 13.6 Å². The molecule has 1 heterocycles. The Bertz CT molecular complexity index is 501. The van der Waals surface area contributed by atoms with Crippen LogP contribution in [0.15, 0.2) is 18.2 Å². The Labute approximate surface area is 118 Å². The van der Waals surface area contributed by atoms with Gasteiger partial charge >= 0.3 is 0 Å². The fourth-order valence-corrected chi connectivity index (χ4v) is 3.08. The fourth-order valence-electron chi connectivity index (χ4n) is 3.08. The standard InChI is InChI=1S/C16H21F2NO/c1-10(2)15-5-4-8-19(15)11(3)16(20)13-7-6-12(17)9-14(13)18/h6-7,9-11,15H,4-5,8H2,1-3H3. The summed E-state index contributed by atoms with van der Waals surface area (Å²) < 4.78 is 26.6. The van der Waals surface area contributed by atoms with Crippen molar-refractivity contribution in [2.45, 2.75) is 45.7 Å². The van der Waals surface area contributed by atoms with E-state index >= 15 is 0 Å². The largest absolute Gasteiger partial charge is 0.292 e. The minimum Gasteiger partial charge on any atom is -0.292 e. The number of hydrogen-bond acceptors (Lipinski definition) is 2. The first-order valence-electron chi connectivity index (χ1n) is 7.17. The van der Waals surface area contributed by atoms with Crippen molar-refractivity contribution in [2.24, 2.45) is 5.92 Å². The van der Waals surface area contributed by atoms with Crippen molar-refractivity contribution in [3.8, 4) is 0 Å². The molecule has 1 aromatic carbocycles. The molecule has 0 saturated carbocycles. The van der Waals surface area contributed by atoms with E-state index in [-0.39, 0.29) is 17.4 Å². The second kappa shape index (κ2) is 6.00. The zero-order valence-electron chi connectivity index (χ0n) is 12.2. The highest BCUT2D eigenvalue weighted by molar-refractivity contribution is 6.00. The number of carbonyl (C=O) groups is 1. The van der Waals surface area contributed by atoms with E-state index in [1.807, 2.05) is 6.92 Å². The van der Waals surface area contributed by atoms with Crippen molar-refractivity contribution in [1.29, 1.82) is 0 Å². The highest BCUT2D eigenvalue weighted by Gasteiger charge is 2.34. The summed E-state index contributed by atoms with van der Waals surface area (Å²) in [6, 6.07) is 3.13. The Morgan fingerprint density at radius 3 is 2.60 bits per heavy atom. The van der Waals surface area contributed by atoms with Gasteiger partial charge in [-0.1, -0.05) is 13.8 Å². The molecule has 0 N–H and O–H groups in total. The molecule has 1 fully saturated rings. The van der Waals surface area contributed by atoms with Crippen LogP contribution in [0.1, 0.15) is 44.0 Å². The lowest BCUT2D eigenvalue weighted by Crippen LogP contribution is -2.44. The van der Waals surface area contributed by atoms with Crippen molar-refractivity contribution in [2.75, 3.05) is 6.54 Å². The van der Waals surface area contributed by atoms with Crippen molar-refractivity contribution >= 4 is 5.78 Å². The summed E-state index contributed by atoms with van der Waals surface area (Å²) in [7, 11) is 0. The van der Waals surface area contributed by atoms with Gasteiger partial charge in [0, 0.05) is 12.1 Å². The molecule has 0 aromatic heterocycles. The maximum Gasteiger partial charge on any atom is 0.182 e. The van der Waals surface area contributed by atoms with E-state index in [4.69, 9.17) is 0 Å². The van der Waals surface area contributed by atoms with Gasteiger partial charge in [-0.15, -0.1) is 0 Å². The minimum absolute atomic E-state index is 0.0201. The highest BCUT2D eigenvalue weighted by atomic mass is 19.1. The summed E-state index contributed by atoms with van der Waals surface area (Å²) >= 11 is 0. The van der Waals surface area contributed by atoms with Crippen molar-refractivity contribution in [3.63, 3.8) is 0 Å².